The van der Waals surface area contributed by atoms with E-state index in [0.717, 1.165) is 18.3 Å². The molecule has 1 N–H and O–H groups in total. The zero-order chi connectivity index (χ0) is 11.5. The van der Waals surface area contributed by atoms with Crippen LogP contribution in [0.1, 0.15) is 36.8 Å². The van der Waals surface area contributed by atoms with Gasteiger partial charge in [0.25, 0.3) is 0 Å². The van der Waals surface area contributed by atoms with Crippen LogP contribution in [0.25, 0.3) is 0 Å². The minimum absolute atomic E-state index is 0.510. The average Bonchev–Trinajstić information content (AvgIpc) is 3.09. The van der Waals surface area contributed by atoms with Crippen LogP contribution in [0.5, 0.6) is 5.75 Å². The van der Waals surface area contributed by atoms with Gasteiger partial charge in [0.1, 0.15) is 5.75 Å². The van der Waals surface area contributed by atoms with Crippen molar-refractivity contribution in [2.24, 2.45) is 0 Å². The number of aryl methyl sites for hydroxylation is 1. The number of nitrogens with one attached hydrogen (secondary N) is 1. The zero-order valence-electron chi connectivity index (χ0n) is 10.4. The molecule has 1 unspecified atom stereocenters. The molecular formula is C14H21NO. The second-order valence-corrected chi connectivity index (χ2v) is 4.83. The van der Waals surface area contributed by atoms with Crippen LogP contribution < -0.4 is 10.1 Å². The molecule has 2 rings (SSSR count). The van der Waals surface area contributed by atoms with Crippen molar-refractivity contribution in [1.29, 1.82) is 0 Å². The molecule has 0 heterocycles. The second kappa shape index (κ2) is 4.88. The molecule has 0 aromatic heterocycles. The van der Waals surface area contributed by atoms with Crippen LogP contribution in [0.3, 0.4) is 0 Å². The molecule has 2 heteroatoms. The van der Waals surface area contributed by atoms with Gasteiger partial charge in [-0.25, -0.2) is 0 Å². The normalized spacial score (nSPS) is 17.2. The Morgan fingerprint density at radius 3 is 2.81 bits per heavy atom. The van der Waals surface area contributed by atoms with Crippen molar-refractivity contribution in [2.45, 2.75) is 38.6 Å². The molecule has 88 valence electrons. The van der Waals surface area contributed by atoms with Gasteiger partial charge in [0.2, 0.25) is 0 Å². The van der Waals surface area contributed by atoms with Crippen molar-refractivity contribution < 1.29 is 4.74 Å². The third kappa shape index (κ3) is 2.76. The molecule has 1 aromatic rings. The van der Waals surface area contributed by atoms with E-state index in [4.69, 9.17) is 4.74 Å². The molecule has 2 nitrogen and oxygen atoms in total. The van der Waals surface area contributed by atoms with Crippen molar-refractivity contribution in [3.05, 3.63) is 29.3 Å². The molecule has 0 bridgehead atoms. The van der Waals surface area contributed by atoms with Crippen molar-refractivity contribution >= 4 is 0 Å². The summed E-state index contributed by atoms with van der Waals surface area (Å²) in [4.78, 5) is 0. The molecule has 0 spiro atoms. The molecule has 0 aliphatic heterocycles. The van der Waals surface area contributed by atoms with E-state index in [1.807, 2.05) is 0 Å². The van der Waals surface area contributed by atoms with E-state index in [9.17, 15) is 0 Å². The standard InChI is InChI=1S/C14H21NO/c1-10-4-7-14(16-3)13(8-10)11(2)9-15-12-5-6-12/h4,7-8,11-12,15H,5-6,9H2,1-3H3. The highest BCUT2D eigenvalue weighted by molar-refractivity contribution is 5.39. The SMILES string of the molecule is COc1ccc(C)cc1C(C)CNC1CC1. The highest BCUT2D eigenvalue weighted by Gasteiger charge is 2.21. The van der Waals surface area contributed by atoms with Gasteiger partial charge >= 0.3 is 0 Å². The molecule has 0 radical (unpaired) electrons. The lowest BCUT2D eigenvalue weighted by molar-refractivity contribution is 0.405. The molecule has 1 fully saturated rings. The summed E-state index contributed by atoms with van der Waals surface area (Å²) in [6.45, 7) is 5.43. The topological polar surface area (TPSA) is 21.3 Å². The molecule has 1 aromatic carbocycles. The van der Waals surface area contributed by atoms with E-state index in [1.54, 1.807) is 7.11 Å². The first-order valence-corrected chi connectivity index (χ1v) is 6.08. The van der Waals surface area contributed by atoms with Gasteiger partial charge in [0.05, 0.1) is 7.11 Å². The van der Waals surface area contributed by atoms with E-state index < -0.39 is 0 Å². The summed E-state index contributed by atoms with van der Waals surface area (Å²) in [5.74, 6) is 1.52. The maximum Gasteiger partial charge on any atom is 0.122 e. The Morgan fingerprint density at radius 2 is 2.19 bits per heavy atom. The fourth-order valence-corrected chi connectivity index (χ4v) is 1.98. The van der Waals surface area contributed by atoms with Crippen LogP contribution >= 0.6 is 0 Å². The third-order valence-electron chi connectivity index (χ3n) is 3.21. The highest BCUT2D eigenvalue weighted by atomic mass is 16.5. The fraction of sp³-hybridized carbons (Fsp3) is 0.571. The Labute approximate surface area is 98.0 Å². The highest BCUT2D eigenvalue weighted by Crippen LogP contribution is 2.28. The van der Waals surface area contributed by atoms with Crippen molar-refractivity contribution in [3.8, 4) is 5.75 Å². The van der Waals surface area contributed by atoms with E-state index in [2.05, 4.69) is 37.4 Å². The molecule has 1 aliphatic rings. The number of hydrogen-bond acceptors (Lipinski definition) is 2. The maximum atomic E-state index is 5.42. The zero-order valence-corrected chi connectivity index (χ0v) is 10.4. The largest absolute Gasteiger partial charge is 0.496 e. The van der Waals surface area contributed by atoms with Gasteiger partial charge in [-0.3, -0.25) is 0 Å². The summed E-state index contributed by atoms with van der Waals surface area (Å²) >= 11 is 0. The molecular weight excluding hydrogens is 198 g/mol. The molecule has 16 heavy (non-hydrogen) atoms. The van der Waals surface area contributed by atoms with E-state index in [-0.39, 0.29) is 0 Å². The lowest BCUT2D eigenvalue weighted by Crippen LogP contribution is -2.22. The van der Waals surface area contributed by atoms with Gasteiger partial charge in [-0.05, 0) is 37.3 Å². The first-order chi connectivity index (χ1) is 7.70. The monoisotopic (exact) mass is 219 g/mol. The Bertz CT molecular complexity index is 358. The van der Waals surface area contributed by atoms with Gasteiger partial charge in [-0.2, -0.15) is 0 Å². The number of hydrogen-bond donors (Lipinski definition) is 1. The summed E-state index contributed by atoms with van der Waals surface area (Å²) < 4.78 is 5.42. The second-order valence-electron chi connectivity index (χ2n) is 4.83. The average molecular weight is 219 g/mol. The van der Waals surface area contributed by atoms with Crippen LogP contribution in [-0.2, 0) is 0 Å². The van der Waals surface area contributed by atoms with Gasteiger partial charge < -0.3 is 10.1 Å². The lowest BCUT2D eigenvalue weighted by Gasteiger charge is -2.17. The first-order valence-electron chi connectivity index (χ1n) is 6.08. The number of benzene rings is 1. The van der Waals surface area contributed by atoms with Gasteiger partial charge in [0, 0.05) is 12.6 Å². The quantitative estimate of drug-likeness (QED) is 0.822. The minimum Gasteiger partial charge on any atom is -0.496 e. The first kappa shape index (κ1) is 11.5. The van der Waals surface area contributed by atoms with E-state index in [0.29, 0.717) is 5.92 Å². The van der Waals surface area contributed by atoms with Crippen molar-refractivity contribution in [3.63, 3.8) is 0 Å². The van der Waals surface area contributed by atoms with Crippen molar-refractivity contribution in [1.82, 2.24) is 5.32 Å². The van der Waals surface area contributed by atoms with Crippen LogP contribution in [0.2, 0.25) is 0 Å². The van der Waals surface area contributed by atoms with E-state index >= 15 is 0 Å². The molecule has 1 atom stereocenters. The summed E-state index contributed by atoms with van der Waals surface area (Å²) in [7, 11) is 1.75. The number of methoxy groups -OCH3 is 1. The lowest BCUT2D eigenvalue weighted by atomic mass is 9.98. The summed E-state index contributed by atoms with van der Waals surface area (Å²) in [5.41, 5.74) is 2.62. The predicted molar refractivity (Wildman–Crippen MR) is 67.2 cm³/mol. The maximum absolute atomic E-state index is 5.42. The van der Waals surface area contributed by atoms with Crippen molar-refractivity contribution in [2.75, 3.05) is 13.7 Å². The third-order valence-corrected chi connectivity index (χ3v) is 3.21. The predicted octanol–water partition coefficient (Wildman–Crippen LogP) is 2.86. The Morgan fingerprint density at radius 1 is 1.44 bits per heavy atom. The van der Waals surface area contributed by atoms with Gasteiger partial charge in [0.15, 0.2) is 0 Å². The Hall–Kier alpha value is -1.02. The smallest absolute Gasteiger partial charge is 0.122 e. The molecule has 1 aliphatic carbocycles. The Balaban J connectivity index is 2.06. The van der Waals surface area contributed by atoms with E-state index in [1.165, 1.54) is 24.0 Å². The summed E-state index contributed by atoms with van der Waals surface area (Å²) in [6, 6.07) is 7.18. The minimum atomic E-state index is 0.510. The van der Waals surface area contributed by atoms with Crippen LogP contribution in [0, 0.1) is 6.92 Å². The fourth-order valence-electron chi connectivity index (χ4n) is 1.98. The summed E-state index contributed by atoms with van der Waals surface area (Å²) in [5, 5.41) is 3.57. The molecule has 1 saturated carbocycles. The van der Waals surface area contributed by atoms with Crippen LogP contribution in [0.4, 0.5) is 0 Å². The van der Waals surface area contributed by atoms with Gasteiger partial charge in [-0.15, -0.1) is 0 Å². The Kier molecular flexibility index (Phi) is 3.49. The van der Waals surface area contributed by atoms with Crippen LogP contribution in [-0.4, -0.2) is 19.7 Å². The summed E-state index contributed by atoms with van der Waals surface area (Å²) in [6.07, 6.45) is 2.69. The number of rotatable bonds is 5. The van der Waals surface area contributed by atoms with Gasteiger partial charge in [-0.1, -0.05) is 24.6 Å². The van der Waals surface area contributed by atoms with Crippen LogP contribution in [0.15, 0.2) is 18.2 Å². The molecule has 0 amide bonds. The number of ether oxygens (including phenoxy) is 1. The molecule has 0 saturated heterocycles.